The maximum Gasteiger partial charge on any atom is 0.270 e. The van der Waals surface area contributed by atoms with Gasteiger partial charge in [-0.2, -0.15) is 0 Å². The Hall–Kier alpha value is -2.80. The largest absolute Gasteiger partial charge is 0.392 e. The van der Waals surface area contributed by atoms with E-state index in [-0.39, 0.29) is 52.8 Å². The molecule has 2 amide bonds. The summed E-state index contributed by atoms with van der Waals surface area (Å²) in [5.74, 6) is -1.07. The molecule has 188 valence electrons. The first-order chi connectivity index (χ1) is 16.7. The Morgan fingerprint density at radius 3 is 2.57 bits per heavy atom. The van der Waals surface area contributed by atoms with E-state index in [2.05, 4.69) is 29.5 Å². The third-order valence-corrected chi connectivity index (χ3v) is 8.54. The first-order valence-electron chi connectivity index (χ1n) is 12.6. The minimum absolute atomic E-state index is 0.0172. The third-order valence-electron chi connectivity index (χ3n) is 8.54. The lowest BCUT2D eigenvalue weighted by atomic mass is 9.51. The Kier molecular flexibility index (Phi) is 7.55. The van der Waals surface area contributed by atoms with Crippen LogP contribution in [0.5, 0.6) is 0 Å². The van der Waals surface area contributed by atoms with Gasteiger partial charge in [0, 0.05) is 24.7 Å². The predicted octanol–water partition coefficient (Wildman–Crippen LogP) is 4.09. The molecule has 1 aromatic heterocycles. The number of amides is 2. The minimum Gasteiger partial charge on any atom is -0.392 e. The smallest absolute Gasteiger partial charge is 0.270 e. The molecule has 1 aromatic carbocycles. The summed E-state index contributed by atoms with van der Waals surface area (Å²) in [5.41, 5.74) is 1.20. The van der Waals surface area contributed by atoms with Crippen molar-refractivity contribution in [2.24, 2.45) is 29.1 Å². The summed E-state index contributed by atoms with van der Waals surface area (Å²) in [5, 5.41) is 17.6. The average molecular weight is 482 g/mol. The zero-order valence-electron chi connectivity index (χ0n) is 20.7. The van der Waals surface area contributed by atoms with Crippen molar-refractivity contribution in [3.8, 4) is 0 Å². The van der Waals surface area contributed by atoms with E-state index in [1.54, 1.807) is 36.5 Å². The van der Waals surface area contributed by atoms with E-state index in [9.17, 15) is 19.1 Å². The molecule has 35 heavy (non-hydrogen) atoms. The Morgan fingerprint density at radius 2 is 1.89 bits per heavy atom. The number of pyridine rings is 1. The molecule has 2 aliphatic rings. The molecule has 2 aliphatic carbocycles. The predicted molar refractivity (Wildman–Crippen MR) is 132 cm³/mol. The topological polar surface area (TPSA) is 91.3 Å². The molecule has 4 rings (SSSR count). The Balaban J connectivity index is 1.41. The Bertz CT molecular complexity index is 1030. The van der Waals surface area contributed by atoms with Crippen LogP contribution < -0.4 is 10.6 Å². The van der Waals surface area contributed by atoms with Crippen LogP contribution in [-0.4, -0.2) is 34.1 Å². The Morgan fingerprint density at radius 1 is 1.17 bits per heavy atom. The molecule has 1 heterocycles. The minimum atomic E-state index is -0.634. The number of rotatable bonds is 6. The average Bonchev–Trinajstić information content (AvgIpc) is 2.85. The number of carbonyl (C=O) groups is 2. The molecule has 3 N–H and O–H groups in total. The molecule has 0 spiro atoms. The van der Waals surface area contributed by atoms with Crippen molar-refractivity contribution in [2.75, 3.05) is 0 Å². The number of nitrogens with zero attached hydrogens (tertiary/aromatic N) is 1. The fourth-order valence-corrected chi connectivity index (χ4v) is 6.38. The van der Waals surface area contributed by atoms with Crippen molar-refractivity contribution in [2.45, 2.75) is 65.1 Å². The van der Waals surface area contributed by atoms with Gasteiger partial charge in [0.25, 0.3) is 5.91 Å². The maximum atomic E-state index is 13.1. The first-order valence-corrected chi connectivity index (χ1v) is 12.6. The summed E-state index contributed by atoms with van der Waals surface area (Å²) in [6.07, 6.45) is 4.48. The number of hydrogen-bond acceptors (Lipinski definition) is 4. The van der Waals surface area contributed by atoms with Crippen molar-refractivity contribution >= 4 is 11.8 Å². The molecular formula is C28H36FN3O3. The number of carbonyl (C=O) groups excluding carboxylic acids is 2. The first kappa shape index (κ1) is 25.3. The summed E-state index contributed by atoms with van der Waals surface area (Å²) in [6, 6.07) is 11.3. The zero-order chi connectivity index (χ0) is 25.2. The fraction of sp³-hybridized carbons (Fsp3) is 0.536. The fourth-order valence-electron chi connectivity index (χ4n) is 6.38. The van der Waals surface area contributed by atoms with Gasteiger partial charge in [-0.1, -0.05) is 39.0 Å². The number of aliphatic hydroxyl groups is 1. The highest BCUT2D eigenvalue weighted by molar-refractivity contribution is 5.92. The van der Waals surface area contributed by atoms with E-state index >= 15 is 0 Å². The molecule has 0 saturated heterocycles. The highest BCUT2D eigenvalue weighted by Gasteiger charge is 2.53. The molecule has 0 radical (unpaired) electrons. The summed E-state index contributed by atoms with van der Waals surface area (Å²) < 4.78 is 13.1. The van der Waals surface area contributed by atoms with Gasteiger partial charge in [-0.3, -0.25) is 14.6 Å². The number of aliphatic hydroxyl groups excluding tert-OH is 1. The number of hydrogen-bond donors (Lipinski definition) is 3. The highest BCUT2D eigenvalue weighted by atomic mass is 19.1. The van der Waals surface area contributed by atoms with E-state index in [0.717, 1.165) is 31.2 Å². The van der Waals surface area contributed by atoms with Gasteiger partial charge < -0.3 is 15.7 Å². The lowest BCUT2D eigenvalue weighted by Crippen LogP contribution is -2.58. The van der Waals surface area contributed by atoms with E-state index in [0.29, 0.717) is 12.2 Å². The van der Waals surface area contributed by atoms with Crippen LogP contribution in [-0.2, 0) is 11.3 Å². The summed E-state index contributed by atoms with van der Waals surface area (Å²) in [6.45, 7) is 6.55. The standard InChI is InChI=1S/C28H36FN3O3/c1-17(26(34)31-16-19-7-9-20(29)10-8-19)21-11-13-28(3)14-12-22(18(2)24(28)25(21)33)32-27(35)23-6-4-5-15-30-23/h4-10,15,17-18,21-22,24-25,33H,11-14,16H2,1-3H3,(H,31,34)(H,32,35)/t17-,18+,21+,22-,24+,25-,28-/m0/s1. The van der Waals surface area contributed by atoms with Crippen molar-refractivity contribution < 1.29 is 19.1 Å². The summed E-state index contributed by atoms with van der Waals surface area (Å²) >= 11 is 0. The number of nitrogens with one attached hydrogen (secondary N) is 2. The number of fused-ring (bicyclic) bond motifs is 1. The maximum absolute atomic E-state index is 13.1. The lowest BCUT2D eigenvalue weighted by molar-refractivity contribution is -0.142. The monoisotopic (exact) mass is 481 g/mol. The molecule has 0 aliphatic heterocycles. The van der Waals surface area contributed by atoms with Crippen LogP contribution in [0.25, 0.3) is 0 Å². The molecule has 7 heteroatoms. The summed E-state index contributed by atoms with van der Waals surface area (Å²) in [7, 11) is 0. The van der Waals surface area contributed by atoms with Crippen molar-refractivity contribution in [3.63, 3.8) is 0 Å². The molecule has 0 unspecified atom stereocenters. The van der Waals surface area contributed by atoms with Crippen LogP contribution in [0.2, 0.25) is 0 Å². The quantitative estimate of drug-likeness (QED) is 0.580. The number of aromatic nitrogens is 1. The van der Waals surface area contributed by atoms with E-state index in [4.69, 9.17) is 0 Å². The van der Waals surface area contributed by atoms with Gasteiger partial charge in [0.05, 0.1) is 6.10 Å². The second kappa shape index (κ2) is 10.4. The zero-order valence-corrected chi connectivity index (χ0v) is 20.7. The van der Waals surface area contributed by atoms with Crippen LogP contribution in [0.4, 0.5) is 4.39 Å². The third kappa shape index (κ3) is 5.40. The molecule has 7 atom stereocenters. The van der Waals surface area contributed by atoms with Gasteiger partial charge in [0.2, 0.25) is 5.91 Å². The number of benzene rings is 1. The van der Waals surface area contributed by atoms with Gasteiger partial charge in [-0.25, -0.2) is 4.39 Å². The molecule has 6 nitrogen and oxygen atoms in total. The molecule has 2 aromatic rings. The Labute approximate surface area is 206 Å². The van der Waals surface area contributed by atoms with Crippen molar-refractivity contribution in [1.82, 2.24) is 15.6 Å². The SMILES string of the molecule is C[C@H]1[C@@H]2[C@@H](O)[C@@H]([C@H](C)C(=O)NCc3ccc(F)cc3)CC[C@@]2(C)CC[C@@H]1NC(=O)c1ccccn1. The van der Waals surface area contributed by atoms with Gasteiger partial charge in [-0.05, 0) is 78.7 Å². The molecule has 2 saturated carbocycles. The van der Waals surface area contributed by atoms with Crippen molar-refractivity contribution in [3.05, 3.63) is 65.7 Å². The van der Waals surface area contributed by atoms with Crippen LogP contribution in [0.3, 0.4) is 0 Å². The molecular weight excluding hydrogens is 445 g/mol. The van der Waals surface area contributed by atoms with Crippen LogP contribution >= 0.6 is 0 Å². The summed E-state index contributed by atoms with van der Waals surface area (Å²) in [4.78, 5) is 29.8. The van der Waals surface area contributed by atoms with Gasteiger partial charge in [-0.15, -0.1) is 0 Å². The van der Waals surface area contributed by atoms with Crippen LogP contribution in [0.15, 0.2) is 48.7 Å². The molecule has 2 fully saturated rings. The van der Waals surface area contributed by atoms with E-state index < -0.39 is 6.10 Å². The van der Waals surface area contributed by atoms with E-state index in [1.165, 1.54) is 12.1 Å². The normalized spacial score (nSPS) is 31.2. The van der Waals surface area contributed by atoms with Crippen LogP contribution in [0, 0.1) is 34.9 Å². The van der Waals surface area contributed by atoms with Gasteiger partial charge in [0.1, 0.15) is 11.5 Å². The van der Waals surface area contributed by atoms with Crippen LogP contribution in [0.1, 0.15) is 62.5 Å². The van der Waals surface area contributed by atoms with Gasteiger partial charge in [0.15, 0.2) is 0 Å². The van der Waals surface area contributed by atoms with E-state index in [1.807, 2.05) is 6.92 Å². The van der Waals surface area contributed by atoms with Gasteiger partial charge >= 0.3 is 0 Å². The second-order valence-corrected chi connectivity index (χ2v) is 10.7. The molecule has 0 bridgehead atoms. The van der Waals surface area contributed by atoms with Crippen molar-refractivity contribution in [1.29, 1.82) is 0 Å². The highest BCUT2D eigenvalue weighted by Crippen LogP contribution is 2.55. The lowest BCUT2D eigenvalue weighted by Gasteiger charge is -2.56. The second-order valence-electron chi connectivity index (χ2n) is 10.7. The number of halogens is 1.